The number of nitrogens with zero attached hydrogens (tertiary/aromatic N) is 1. The van der Waals surface area contributed by atoms with Crippen molar-refractivity contribution in [3.8, 4) is 6.07 Å². The van der Waals surface area contributed by atoms with Gasteiger partial charge in [0.25, 0.3) is 0 Å². The Kier molecular flexibility index (Phi) is 3.49. The van der Waals surface area contributed by atoms with E-state index < -0.39 is 12.1 Å². The SMILES string of the molecule is CC(=O)OC(C#N)c1cccc(Cl)c1. The van der Waals surface area contributed by atoms with Gasteiger partial charge in [0.2, 0.25) is 6.10 Å². The van der Waals surface area contributed by atoms with Gasteiger partial charge in [0.15, 0.2) is 0 Å². The van der Waals surface area contributed by atoms with E-state index in [1.54, 1.807) is 24.3 Å². The van der Waals surface area contributed by atoms with Crippen molar-refractivity contribution in [2.45, 2.75) is 13.0 Å². The van der Waals surface area contributed by atoms with Gasteiger partial charge in [-0.05, 0) is 12.1 Å². The zero-order chi connectivity index (χ0) is 10.6. The van der Waals surface area contributed by atoms with Crippen molar-refractivity contribution in [2.75, 3.05) is 0 Å². The molecule has 0 aliphatic rings. The molecule has 0 heterocycles. The number of halogens is 1. The van der Waals surface area contributed by atoms with Crippen LogP contribution >= 0.6 is 11.6 Å². The number of hydrogen-bond donors (Lipinski definition) is 0. The number of ether oxygens (including phenoxy) is 1. The van der Waals surface area contributed by atoms with E-state index >= 15 is 0 Å². The van der Waals surface area contributed by atoms with Gasteiger partial charge in [-0.25, -0.2) is 0 Å². The molecule has 1 unspecified atom stereocenters. The molecule has 1 aromatic rings. The van der Waals surface area contributed by atoms with E-state index in [0.29, 0.717) is 10.6 Å². The van der Waals surface area contributed by atoms with Gasteiger partial charge in [0.1, 0.15) is 6.07 Å². The van der Waals surface area contributed by atoms with Crippen LogP contribution in [0.4, 0.5) is 0 Å². The molecule has 0 radical (unpaired) electrons. The first kappa shape index (κ1) is 10.6. The monoisotopic (exact) mass is 209 g/mol. The van der Waals surface area contributed by atoms with Gasteiger partial charge in [-0.2, -0.15) is 5.26 Å². The van der Waals surface area contributed by atoms with Crippen LogP contribution in [-0.4, -0.2) is 5.97 Å². The summed E-state index contributed by atoms with van der Waals surface area (Å²) in [4.78, 5) is 10.7. The van der Waals surface area contributed by atoms with Crippen LogP contribution in [-0.2, 0) is 9.53 Å². The lowest BCUT2D eigenvalue weighted by Crippen LogP contribution is -2.06. The summed E-state index contributed by atoms with van der Waals surface area (Å²) in [5.41, 5.74) is 0.579. The Hall–Kier alpha value is -1.53. The van der Waals surface area contributed by atoms with Crippen LogP contribution in [0.1, 0.15) is 18.6 Å². The maximum Gasteiger partial charge on any atom is 0.304 e. The molecule has 0 saturated carbocycles. The molecule has 0 bridgehead atoms. The van der Waals surface area contributed by atoms with Crippen LogP contribution in [0.2, 0.25) is 5.02 Å². The van der Waals surface area contributed by atoms with Gasteiger partial charge in [-0.15, -0.1) is 0 Å². The summed E-state index contributed by atoms with van der Waals surface area (Å²) in [6.07, 6.45) is -0.883. The fraction of sp³-hybridized carbons (Fsp3) is 0.200. The molecule has 0 fully saturated rings. The zero-order valence-corrected chi connectivity index (χ0v) is 8.28. The number of nitriles is 1. The third-order valence-electron chi connectivity index (χ3n) is 1.55. The predicted octanol–water partition coefficient (Wildman–Crippen LogP) is 2.47. The highest BCUT2D eigenvalue weighted by atomic mass is 35.5. The van der Waals surface area contributed by atoms with E-state index in [1.807, 2.05) is 6.07 Å². The van der Waals surface area contributed by atoms with Crippen molar-refractivity contribution in [2.24, 2.45) is 0 Å². The quantitative estimate of drug-likeness (QED) is 0.703. The number of benzene rings is 1. The molecule has 0 aliphatic carbocycles. The Balaban J connectivity index is 2.90. The summed E-state index contributed by atoms with van der Waals surface area (Å²) in [6.45, 7) is 1.26. The van der Waals surface area contributed by atoms with Crippen molar-refractivity contribution in [3.63, 3.8) is 0 Å². The van der Waals surface area contributed by atoms with E-state index in [0.717, 1.165) is 0 Å². The van der Waals surface area contributed by atoms with E-state index in [2.05, 4.69) is 0 Å². The maximum absolute atomic E-state index is 10.7. The maximum atomic E-state index is 10.7. The third kappa shape index (κ3) is 2.75. The highest BCUT2D eigenvalue weighted by molar-refractivity contribution is 6.30. The normalized spacial score (nSPS) is 11.5. The topological polar surface area (TPSA) is 50.1 Å². The van der Waals surface area contributed by atoms with E-state index in [9.17, 15) is 4.79 Å². The average Bonchev–Trinajstić information content (AvgIpc) is 2.14. The van der Waals surface area contributed by atoms with Crippen molar-refractivity contribution < 1.29 is 9.53 Å². The molecule has 72 valence electrons. The summed E-state index contributed by atoms with van der Waals surface area (Å²) >= 11 is 5.73. The summed E-state index contributed by atoms with van der Waals surface area (Å²) in [7, 11) is 0. The Morgan fingerprint density at radius 2 is 2.36 bits per heavy atom. The van der Waals surface area contributed by atoms with Crippen molar-refractivity contribution in [1.82, 2.24) is 0 Å². The van der Waals surface area contributed by atoms with Gasteiger partial charge in [0.05, 0.1) is 0 Å². The molecule has 0 N–H and O–H groups in total. The van der Waals surface area contributed by atoms with Gasteiger partial charge >= 0.3 is 5.97 Å². The lowest BCUT2D eigenvalue weighted by Gasteiger charge is -2.09. The van der Waals surface area contributed by atoms with Gasteiger partial charge in [-0.3, -0.25) is 4.79 Å². The highest BCUT2D eigenvalue weighted by Crippen LogP contribution is 2.20. The van der Waals surface area contributed by atoms with Gasteiger partial charge < -0.3 is 4.74 Å². The first-order chi connectivity index (χ1) is 6.63. The molecule has 0 spiro atoms. The van der Waals surface area contributed by atoms with Crippen LogP contribution in [0.25, 0.3) is 0 Å². The number of carbonyl (C=O) groups excluding carboxylic acids is 1. The fourth-order valence-electron chi connectivity index (χ4n) is 1.00. The molecule has 0 amide bonds. The van der Waals surface area contributed by atoms with Crippen molar-refractivity contribution in [1.29, 1.82) is 5.26 Å². The number of carbonyl (C=O) groups is 1. The molecule has 0 saturated heterocycles. The number of hydrogen-bond acceptors (Lipinski definition) is 3. The fourth-order valence-corrected chi connectivity index (χ4v) is 1.20. The standard InChI is InChI=1S/C10H8ClNO2/c1-7(13)14-10(6-12)8-3-2-4-9(11)5-8/h2-5,10H,1H3. The first-order valence-electron chi connectivity index (χ1n) is 3.96. The first-order valence-corrected chi connectivity index (χ1v) is 4.33. The smallest absolute Gasteiger partial charge is 0.304 e. The highest BCUT2D eigenvalue weighted by Gasteiger charge is 2.13. The Morgan fingerprint density at radius 1 is 1.64 bits per heavy atom. The minimum Gasteiger partial charge on any atom is -0.442 e. The lowest BCUT2D eigenvalue weighted by molar-refractivity contribution is -0.144. The summed E-state index contributed by atoms with van der Waals surface area (Å²) < 4.78 is 4.78. The Labute approximate surface area is 86.9 Å². The number of esters is 1. The summed E-state index contributed by atoms with van der Waals surface area (Å²) in [5, 5.41) is 9.26. The molecule has 0 aromatic heterocycles. The molecular weight excluding hydrogens is 202 g/mol. The van der Waals surface area contributed by atoms with Crippen LogP contribution in [0, 0.1) is 11.3 Å². The Bertz CT molecular complexity index is 384. The second-order valence-corrected chi connectivity index (χ2v) is 3.11. The van der Waals surface area contributed by atoms with Crippen molar-refractivity contribution in [3.05, 3.63) is 34.9 Å². The molecule has 4 heteroatoms. The third-order valence-corrected chi connectivity index (χ3v) is 1.79. The molecule has 0 aliphatic heterocycles. The van der Waals surface area contributed by atoms with E-state index in [-0.39, 0.29) is 0 Å². The zero-order valence-electron chi connectivity index (χ0n) is 7.53. The largest absolute Gasteiger partial charge is 0.442 e. The minimum absolute atomic E-state index is 0.489. The van der Waals surface area contributed by atoms with Crippen LogP contribution in [0.3, 0.4) is 0 Å². The molecule has 3 nitrogen and oxygen atoms in total. The van der Waals surface area contributed by atoms with Crippen LogP contribution in [0.5, 0.6) is 0 Å². The van der Waals surface area contributed by atoms with E-state index in [1.165, 1.54) is 6.92 Å². The minimum atomic E-state index is -0.883. The average molecular weight is 210 g/mol. The van der Waals surface area contributed by atoms with Crippen molar-refractivity contribution >= 4 is 17.6 Å². The van der Waals surface area contributed by atoms with E-state index in [4.69, 9.17) is 21.6 Å². The lowest BCUT2D eigenvalue weighted by atomic mass is 10.1. The van der Waals surface area contributed by atoms with Gasteiger partial charge in [0, 0.05) is 17.5 Å². The molecular formula is C10H8ClNO2. The molecule has 14 heavy (non-hydrogen) atoms. The molecule has 1 atom stereocenters. The van der Waals surface area contributed by atoms with Crippen LogP contribution < -0.4 is 0 Å². The summed E-state index contributed by atoms with van der Waals surface area (Å²) in [5.74, 6) is -0.489. The molecule has 1 aromatic carbocycles. The van der Waals surface area contributed by atoms with Crippen LogP contribution in [0.15, 0.2) is 24.3 Å². The number of rotatable bonds is 2. The molecule has 1 rings (SSSR count). The second-order valence-electron chi connectivity index (χ2n) is 2.67. The Morgan fingerprint density at radius 3 is 2.86 bits per heavy atom. The van der Waals surface area contributed by atoms with Gasteiger partial charge in [-0.1, -0.05) is 23.7 Å². The predicted molar refractivity (Wildman–Crippen MR) is 51.6 cm³/mol. The summed E-state index contributed by atoms with van der Waals surface area (Å²) in [6, 6.07) is 8.54. The second kappa shape index (κ2) is 4.64.